The minimum absolute atomic E-state index is 0.577. The van der Waals surface area contributed by atoms with E-state index in [9.17, 15) is 0 Å². The maximum atomic E-state index is 5.72. The van der Waals surface area contributed by atoms with E-state index in [1.807, 2.05) is 0 Å². The van der Waals surface area contributed by atoms with Gasteiger partial charge in [-0.25, -0.2) is 0 Å². The number of nitrogens with zero attached hydrogens (tertiary/aromatic N) is 2. The van der Waals surface area contributed by atoms with E-state index < -0.39 is 0 Å². The maximum absolute atomic E-state index is 5.72. The van der Waals surface area contributed by atoms with Gasteiger partial charge in [-0.05, 0) is 45.8 Å². The van der Waals surface area contributed by atoms with E-state index in [4.69, 9.17) is 4.74 Å². The molecular formula is C16H31N3O. The van der Waals surface area contributed by atoms with Crippen molar-refractivity contribution in [2.75, 3.05) is 46.4 Å². The van der Waals surface area contributed by atoms with Gasteiger partial charge in [-0.3, -0.25) is 4.90 Å². The molecule has 116 valence electrons. The van der Waals surface area contributed by atoms with Crippen molar-refractivity contribution in [3.8, 4) is 0 Å². The fourth-order valence-corrected chi connectivity index (χ4v) is 4.21. The molecule has 0 spiro atoms. The van der Waals surface area contributed by atoms with Crippen molar-refractivity contribution in [3.63, 3.8) is 0 Å². The van der Waals surface area contributed by atoms with Crippen molar-refractivity contribution >= 4 is 0 Å². The summed E-state index contributed by atoms with van der Waals surface area (Å²) in [5, 5.41) is 3.67. The zero-order valence-corrected chi connectivity index (χ0v) is 13.2. The van der Waals surface area contributed by atoms with E-state index in [0.29, 0.717) is 12.0 Å². The summed E-state index contributed by atoms with van der Waals surface area (Å²) in [6, 6.07) is 2.22. The van der Waals surface area contributed by atoms with E-state index in [1.165, 1.54) is 45.3 Å². The Hall–Kier alpha value is -0.160. The van der Waals surface area contributed by atoms with Crippen LogP contribution in [0.15, 0.2) is 0 Å². The highest BCUT2D eigenvalue weighted by Crippen LogP contribution is 2.29. The molecule has 4 unspecified atom stereocenters. The molecule has 1 N–H and O–H groups in total. The predicted molar refractivity (Wildman–Crippen MR) is 82.0 cm³/mol. The van der Waals surface area contributed by atoms with Crippen molar-refractivity contribution in [3.05, 3.63) is 0 Å². The Labute approximate surface area is 123 Å². The van der Waals surface area contributed by atoms with Gasteiger partial charge in [0.15, 0.2) is 0 Å². The van der Waals surface area contributed by atoms with Crippen LogP contribution in [-0.4, -0.2) is 74.4 Å². The van der Waals surface area contributed by atoms with Gasteiger partial charge in [0, 0.05) is 37.1 Å². The average molecular weight is 281 g/mol. The van der Waals surface area contributed by atoms with Crippen LogP contribution in [-0.2, 0) is 4.74 Å². The first-order chi connectivity index (χ1) is 9.78. The van der Waals surface area contributed by atoms with E-state index in [2.05, 4.69) is 29.1 Å². The van der Waals surface area contributed by atoms with Crippen molar-refractivity contribution < 1.29 is 4.74 Å². The Morgan fingerprint density at radius 3 is 2.85 bits per heavy atom. The third-order valence-corrected chi connectivity index (χ3v) is 5.58. The second kappa shape index (κ2) is 6.73. The number of likely N-dealkylation sites (N-methyl/N-ethyl adjacent to an activating group) is 1. The lowest BCUT2D eigenvalue weighted by atomic mass is 10.0. The number of ether oxygens (including phenoxy) is 1. The van der Waals surface area contributed by atoms with Gasteiger partial charge in [-0.1, -0.05) is 6.92 Å². The normalized spacial score (nSPS) is 39.3. The van der Waals surface area contributed by atoms with Crippen LogP contribution in [0.2, 0.25) is 0 Å². The summed E-state index contributed by atoms with van der Waals surface area (Å²) < 4.78 is 5.72. The van der Waals surface area contributed by atoms with Crippen LogP contribution in [0.25, 0.3) is 0 Å². The summed E-state index contributed by atoms with van der Waals surface area (Å²) in [4.78, 5) is 5.35. The third kappa shape index (κ3) is 3.19. The highest BCUT2D eigenvalue weighted by molar-refractivity contribution is 4.92. The van der Waals surface area contributed by atoms with E-state index >= 15 is 0 Å². The molecule has 0 aromatic carbocycles. The summed E-state index contributed by atoms with van der Waals surface area (Å²) in [6.07, 6.45) is 5.38. The molecule has 0 radical (unpaired) electrons. The lowest BCUT2D eigenvalue weighted by Gasteiger charge is -2.29. The molecule has 0 saturated carbocycles. The molecule has 0 amide bonds. The number of likely N-dealkylation sites (tertiary alicyclic amines) is 1. The first kappa shape index (κ1) is 14.8. The second-order valence-electron chi connectivity index (χ2n) is 6.96. The molecular weight excluding hydrogens is 250 g/mol. The Morgan fingerprint density at radius 2 is 2.00 bits per heavy atom. The summed E-state index contributed by atoms with van der Waals surface area (Å²) in [5.41, 5.74) is 0. The monoisotopic (exact) mass is 281 g/mol. The molecule has 3 aliphatic heterocycles. The second-order valence-corrected chi connectivity index (χ2v) is 6.96. The van der Waals surface area contributed by atoms with Crippen molar-refractivity contribution in [2.45, 2.75) is 50.7 Å². The van der Waals surface area contributed by atoms with Crippen molar-refractivity contribution in [1.82, 2.24) is 15.1 Å². The minimum atomic E-state index is 0.577. The Morgan fingerprint density at radius 1 is 1.15 bits per heavy atom. The molecule has 3 saturated heterocycles. The van der Waals surface area contributed by atoms with E-state index in [-0.39, 0.29) is 0 Å². The Balaban J connectivity index is 1.52. The lowest BCUT2D eigenvalue weighted by molar-refractivity contribution is 0.160. The molecule has 3 rings (SSSR count). The molecule has 3 fully saturated rings. The molecule has 0 aromatic rings. The smallest absolute Gasteiger partial charge is 0.0623 e. The van der Waals surface area contributed by atoms with Crippen LogP contribution in [0.5, 0.6) is 0 Å². The van der Waals surface area contributed by atoms with Gasteiger partial charge >= 0.3 is 0 Å². The van der Waals surface area contributed by atoms with E-state index in [1.54, 1.807) is 0 Å². The van der Waals surface area contributed by atoms with Gasteiger partial charge in [0.2, 0.25) is 0 Å². The van der Waals surface area contributed by atoms with Gasteiger partial charge in [0.25, 0.3) is 0 Å². The molecule has 4 nitrogen and oxygen atoms in total. The molecule has 2 bridgehead atoms. The zero-order chi connectivity index (χ0) is 13.9. The molecule has 3 aliphatic rings. The fraction of sp³-hybridized carbons (Fsp3) is 1.00. The first-order valence-electron chi connectivity index (χ1n) is 8.53. The molecule has 4 heteroatoms. The number of hydrogen-bond donors (Lipinski definition) is 1. The van der Waals surface area contributed by atoms with Crippen LogP contribution in [0.3, 0.4) is 0 Å². The minimum Gasteiger partial charge on any atom is -0.379 e. The van der Waals surface area contributed by atoms with Gasteiger partial charge in [0.1, 0.15) is 0 Å². The van der Waals surface area contributed by atoms with Crippen LogP contribution in [0.4, 0.5) is 0 Å². The van der Waals surface area contributed by atoms with Crippen molar-refractivity contribution in [1.29, 1.82) is 0 Å². The van der Waals surface area contributed by atoms with Gasteiger partial charge < -0.3 is 15.0 Å². The summed E-state index contributed by atoms with van der Waals surface area (Å²) in [5.74, 6) is 0.684. The van der Waals surface area contributed by atoms with Crippen molar-refractivity contribution in [2.24, 2.45) is 5.92 Å². The van der Waals surface area contributed by atoms with Crippen LogP contribution < -0.4 is 5.32 Å². The summed E-state index contributed by atoms with van der Waals surface area (Å²) in [7, 11) is 2.33. The predicted octanol–water partition coefficient (Wildman–Crippen LogP) is 1.17. The largest absolute Gasteiger partial charge is 0.379 e. The van der Waals surface area contributed by atoms with E-state index in [0.717, 1.165) is 31.8 Å². The summed E-state index contributed by atoms with van der Waals surface area (Å²) in [6.45, 7) is 8.98. The van der Waals surface area contributed by atoms with Crippen LogP contribution >= 0.6 is 0 Å². The number of hydrogen-bond acceptors (Lipinski definition) is 4. The SMILES string of the molecule is CCCNC1COCC1CN1CCC2CCC(C1)N2C. The quantitative estimate of drug-likeness (QED) is 0.819. The lowest BCUT2D eigenvalue weighted by Crippen LogP contribution is -2.44. The standard InChI is InChI=1S/C16H31N3O/c1-3-7-17-16-12-20-11-13(16)9-19-8-6-14-4-5-15(10-19)18(14)2/h13-17H,3-12H2,1-2H3. The number of fused-ring (bicyclic) bond motifs is 2. The van der Waals surface area contributed by atoms with Crippen LogP contribution in [0, 0.1) is 5.92 Å². The number of nitrogens with one attached hydrogen (secondary N) is 1. The Kier molecular flexibility index (Phi) is 4.97. The van der Waals surface area contributed by atoms with Gasteiger partial charge in [-0.15, -0.1) is 0 Å². The first-order valence-corrected chi connectivity index (χ1v) is 8.53. The zero-order valence-electron chi connectivity index (χ0n) is 13.2. The maximum Gasteiger partial charge on any atom is 0.0623 e. The summed E-state index contributed by atoms with van der Waals surface area (Å²) >= 11 is 0. The fourth-order valence-electron chi connectivity index (χ4n) is 4.21. The third-order valence-electron chi connectivity index (χ3n) is 5.58. The molecule has 3 heterocycles. The molecule has 0 aliphatic carbocycles. The molecule has 20 heavy (non-hydrogen) atoms. The average Bonchev–Trinajstić information content (AvgIpc) is 2.96. The molecule has 0 aromatic heterocycles. The van der Waals surface area contributed by atoms with Crippen LogP contribution in [0.1, 0.15) is 32.6 Å². The number of rotatable bonds is 5. The topological polar surface area (TPSA) is 27.7 Å². The van der Waals surface area contributed by atoms with Gasteiger partial charge in [0.05, 0.1) is 13.2 Å². The van der Waals surface area contributed by atoms with Gasteiger partial charge in [-0.2, -0.15) is 0 Å². The molecule has 4 atom stereocenters. The Bertz CT molecular complexity index is 312. The highest BCUT2D eigenvalue weighted by Gasteiger charge is 2.36. The highest BCUT2D eigenvalue weighted by atomic mass is 16.5.